The molecule has 1 aliphatic carbocycles. The molecule has 5 rings (SSSR count). The van der Waals surface area contributed by atoms with E-state index < -0.39 is 18.1 Å². The number of nitrogens with zero attached hydrogens (tertiary/aromatic N) is 1. The number of para-hydroxylation sites is 1. The minimum Gasteiger partial charge on any atom is -0.480 e. The predicted octanol–water partition coefficient (Wildman–Crippen LogP) is 4.77. The van der Waals surface area contributed by atoms with Crippen LogP contribution in [0.1, 0.15) is 22.6 Å². The van der Waals surface area contributed by atoms with Crippen LogP contribution in [0.15, 0.2) is 85.1 Å². The van der Waals surface area contributed by atoms with Gasteiger partial charge < -0.3 is 15.2 Å². The Labute approximate surface area is 190 Å². The molecule has 0 aliphatic heterocycles. The lowest BCUT2D eigenvalue weighted by atomic mass is 9.98. The molecule has 1 atom stereocenters. The summed E-state index contributed by atoms with van der Waals surface area (Å²) < 4.78 is 5.52. The number of benzene rings is 3. The Morgan fingerprint density at radius 2 is 1.55 bits per heavy atom. The summed E-state index contributed by atoms with van der Waals surface area (Å²) in [5, 5.41) is 13.1. The van der Waals surface area contributed by atoms with Crippen LogP contribution in [-0.2, 0) is 16.0 Å². The van der Waals surface area contributed by atoms with Crippen LogP contribution in [0.5, 0.6) is 0 Å². The van der Waals surface area contributed by atoms with Crippen LogP contribution in [0.25, 0.3) is 22.0 Å². The quantitative estimate of drug-likeness (QED) is 0.453. The zero-order valence-electron chi connectivity index (χ0n) is 17.8. The van der Waals surface area contributed by atoms with Gasteiger partial charge in [0.1, 0.15) is 12.6 Å². The molecule has 0 fully saturated rings. The van der Waals surface area contributed by atoms with E-state index in [2.05, 4.69) is 22.4 Å². The van der Waals surface area contributed by atoms with Crippen molar-refractivity contribution < 1.29 is 19.4 Å². The van der Waals surface area contributed by atoms with E-state index in [1.165, 1.54) is 0 Å². The maximum atomic E-state index is 12.6. The van der Waals surface area contributed by atoms with E-state index in [4.69, 9.17) is 4.74 Å². The summed E-state index contributed by atoms with van der Waals surface area (Å²) in [6.07, 6.45) is 1.02. The largest absolute Gasteiger partial charge is 0.480 e. The van der Waals surface area contributed by atoms with Gasteiger partial charge in [-0.3, -0.25) is 4.98 Å². The fourth-order valence-corrected chi connectivity index (χ4v) is 4.54. The van der Waals surface area contributed by atoms with E-state index in [0.29, 0.717) is 0 Å². The molecule has 2 N–H and O–H groups in total. The van der Waals surface area contributed by atoms with E-state index in [0.717, 1.165) is 38.7 Å². The Morgan fingerprint density at radius 1 is 0.909 bits per heavy atom. The second kappa shape index (κ2) is 8.74. The number of fused-ring (bicyclic) bond motifs is 4. The Morgan fingerprint density at radius 3 is 2.24 bits per heavy atom. The Kier molecular flexibility index (Phi) is 5.48. The molecule has 0 bridgehead atoms. The van der Waals surface area contributed by atoms with Crippen molar-refractivity contribution in [1.29, 1.82) is 0 Å². The SMILES string of the molecule is O=C(NC(Cc1ccnc2ccccc12)C(=O)O)OCC1c2ccccc2-c2ccccc21. The molecule has 4 aromatic rings. The molecule has 0 radical (unpaired) electrons. The van der Waals surface area contributed by atoms with Crippen molar-refractivity contribution in [2.75, 3.05) is 6.61 Å². The minimum atomic E-state index is -1.12. The fraction of sp³-hybridized carbons (Fsp3) is 0.148. The van der Waals surface area contributed by atoms with Crippen molar-refractivity contribution in [1.82, 2.24) is 10.3 Å². The average molecular weight is 438 g/mol. The monoisotopic (exact) mass is 438 g/mol. The lowest BCUT2D eigenvalue weighted by Gasteiger charge is -2.18. The molecular formula is C27H22N2O4. The molecule has 1 aliphatic rings. The van der Waals surface area contributed by atoms with Crippen LogP contribution in [0.2, 0.25) is 0 Å². The van der Waals surface area contributed by atoms with Gasteiger partial charge in [-0.25, -0.2) is 9.59 Å². The first kappa shape index (κ1) is 20.7. The normalized spacial score (nSPS) is 13.2. The number of ether oxygens (including phenoxy) is 1. The number of carbonyl (C=O) groups excluding carboxylic acids is 1. The fourth-order valence-electron chi connectivity index (χ4n) is 4.54. The van der Waals surface area contributed by atoms with E-state index >= 15 is 0 Å². The number of amides is 1. The summed E-state index contributed by atoms with van der Waals surface area (Å²) in [7, 11) is 0. The molecule has 1 aromatic heterocycles. The Bertz CT molecular complexity index is 1300. The Hall–Kier alpha value is -4.19. The summed E-state index contributed by atoms with van der Waals surface area (Å²) in [6, 6.07) is 24.3. The highest BCUT2D eigenvalue weighted by molar-refractivity contribution is 5.85. The first-order valence-electron chi connectivity index (χ1n) is 10.8. The van der Waals surface area contributed by atoms with Crippen LogP contribution in [0.3, 0.4) is 0 Å². The summed E-state index contributed by atoms with van der Waals surface area (Å²) in [5.74, 6) is -1.21. The second-order valence-corrected chi connectivity index (χ2v) is 8.05. The van der Waals surface area contributed by atoms with Crippen molar-refractivity contribution in [2.24, 2.45) is 0 Å². The smallest absolute Gasteiger partial charge is 0.407 e. The molecule has 33 heavy (non-hydrogen) atoms. The van der Waals surface area contributed by atoms with Gasteiger partial charge in [-0.15, -0.1) is 0 Å². The molecular weight excluding hydrogens is 416 g/mol. The molecule has 6 nitrogen and oxygen atoms in total. The lowest BCUT2D eigenvalue weighted by molar-refractivity contribution is -0.139. The maximum Gasteiger partial charge on any atom is 0.407 e. The number of alkyl carbamates (subject to hydrolysis) is 1. The lowest BCUT2D eigenvalue weighted by Crippen LogP contribution is -2.43. The van der Waals surface area contributed by atoms with Crippen LogP contribution < -0.4 is 5.32 Å². The zero-order chi connectivity index (χ0) is 22.8. The van der Waals surface area contributed by atoms with Crippen LogP contribution in [0.4, 0.5) is 4.79 Å². The van der Waals surface area contributed by atoms with Crippen LogP contribution in [-0.4, -0.2) is 34.8 Å². The first-order valence-corrected chi connectivity index (χ1v) is 10.8. The number of hydrogen-bond donors (Lipinski definition) is 2. The van der Waals surface area contributed by atoms with Gasteiger partial charge in [-0.1, -0.05) is 66.7 Å². The minimum absolute atomic E-state index is 0.0874. The molecule has 3 aromatic carbocycles. The highest BCUT2D eigenvalue weighted by Gasteiger charge is 2.30. The van der Waals surface area contributed by atoms with Gasteiger partial charge in [-0.2, -0.15) is 0 Å². The van der Waals surface area contributed by atoms with Gasteiger partial charge in [-0.05, 0) is 39.9 Å². The number of aliphatic carboxylic acids is 1. The summed E-state index contributed by atoms with van der Waals surface area (Å²) in [4.78, 5) is 28.8. The summed E-state index contributed by atoms with van der Waals surface area (Å²) in [5.41, 5.74) is 6.05. The van der Waals surface area contributed by atoms with E-state index in [1.54, 1.807) is 12.3 Å². The van der Waals surface area contributed by atoms with Crippen LogP contribution >= 0.6 is 0 Å². The third kappa shape index (κ3) is 4.03. The van der Waals surface area contributed by atoms with Gasteiger partial charge in [0, 0.05) is 23.9 Å². The molecule has 0 saturated heterocycles. The third-order valence-corrected chi connectivity index (χ3v) is 6.10. The predicted molar refractivity (Wildman–Crippen MR) is 125 cm³/mol. The highest BCUT2D eigenvalue weighted by atomic mass is 16.5. The second-order valence-electron chi connectivity index (χ2n) is 8.05. The van der Waals surface area contributed by atoms with E-state index in [9.17, 15) is 14.7 Å². The topological polar surface area (TPSA) is 88.5 Å². The van der Waals surface area contributed by atoms with Crippen molar-refractivity contribution >= 4 is 23.0 Å². The summed E-state index contributed by atoms with van der Waals surface area (Å²) in [6.45, 7) is 0.129. The zero-order valence-corrected chi connectivity index (χ0v) is 17.8. The highest BCUT2D eigenvalue weighted by Crippen LogP contribution is 2.44. The molecule has 1 heterocycles. The van der Waals surface area contributed by atoms with Crippen molar-refractivity contribution in [3.05, 3.63) is 102 Å². The number of carboxylic acids is 1. The number of pyridine rings is 1. The molecule has 1 unspecified atom stereocenters. The van der Waals surface area contributed by atoms with Crippen LogP contribution in [0, 0.1) is 0 Å². The average Bonchev–Trinajstić information content (AvgIpc) is 3.16. The first-order chi connectivity index (χ1) is 16.1. The van der Waals surface area contributed by atoms with Gasteiger partial charge in [0.05, 0.1) is 5.52 Å². The molecule has 0 saturated carbocycles. The molecule has 164 valence electrons. The van der Waals surface area contributed by atoms with Gasteiger partial charge in [0.2, 0.25) is 0 Å². The van der Waals surface area contributed by atoms with Gasteiger partial charge in [0.25, 0.3) is 0 Å². The maximum absolute atomic E-state index is 12.6. The van der Waals surface area contributed by atoms with E-state index in [-0.39, 0.29) is 18.9 Å². The van der Waals surface area contributed by atoms with Crippen molar-refractivity contribution in [3.63, 3.8) is 0 Å². The number of nitrogens with one attached hydrogen (secondary N) is 1. The number of aromatic nitrogens is 1. The summed E-state index contributed by atoms with van der Waals surface area (Å²) >= 11 is 0. The molecule has 6 heteroatoms. The number of rotatable bonds is 6. The van der Waals surface area contributed by atoms with Gasteiger partial charge in [0.15, 0.2) is 0 Å². The van der Waals surface area contributed by atoms with Gasteiger partial charge >= 0.3 is 12.1 Å². The van der Waals surface area contributed by atoms with Crippen molar-refractivity contribution in [3.8, 4) is 11.1 Å². The van der Waals surface area contributed by atoms with E-state index in [1.807, 2.05) is 60.7 Å². The standard InChI is InChI=1S/C27H22N2O4/c30-26(31)25(15-17-13-14-28-24-12-6-5-7-18(17)24)29-27(32)33-16-23-21-10-3-1-8-19(21)20-9-2-4-11-22(20)23/h1-14,23,25H,15-16H2,(H,29,32)(H,30,31). The number of carbonyl (C=O) groups is 2. The number of hydrogen-bond acceptors (Lipinski definition) is 4. The molecule has 0 spiro atoms. The third-order valence-electron chi connectivity index (χ3n) is 6.10. The molecule has 1 amide bonds. The van der Waals surface area contributed by atoms with Crippen molar-refractivity contribution in [2.45, 2.75) is 18.4 Å². The number of carboxylic acid groups (broad SMARTS) is 1. The Balaban J connectivity index is 1.29.